The maximum atomic E-state index is 12.8. The molecular formula is C19H28N2O. The molecule has 1 aromatic carbocycles. The highest BCUT2D eigenvalue weighted by molar-refractivity contribution is 5.79. The summed E-state index contributed by atoms with van der Waals surface area (Å²) in [5, 5.41) is 0. The van der Waals surface area contributed by atoms with Crippen molar-refractivity contribution in [1.82, 2.24) is 4.90 Å². The third kappa shape index (κ3) is 3.45. The molecule has 2 unspecified atom stereocenters. The summed E-state index contributed by atoms with van der Waals surface area (Å²) in [5.74, 6) is 1.94. The van der Waals surface area contributed by atoms with Gasteiger partial charge in [0.15, 0.2) is 0 Å². The number of nitrogens with zero attached hydrogens (tertiary/aromatic N) is 2. The number of piperidine rings is 2. The normalized spacial score (nSPS) is 27.0. The first-order valence-corrected chi connectivity index (χ1v) is 8.72. The summed E-state index contributed by atoms with van der Waals surface area (Å²) in [6, 6.07) is 10.6. The molecule has 3 heteroatoms. The third-order valence-electron chi connectivity index (χ3n) is 5.15. The highest BCUT2D eigenvalue weighted by Gasteiger charge is 2.32. The molecule has 0 N–H and O–H groups in total. The summed E-state index contributed by atoms with van der Waals surface area (Å²) >= 11 is 0. The molecule has 0 bridgehead atoms. The molecular weight excluding hydrogens is 272 g/mol. The molecule has 0 aromatic heterocycles. The first-order valence-electron chi connectivity index (χ1n) is 8.72. The van der Waals surface area contributed by atoms with E-state index in [4.69, 9.17) is 0 Å². The SMILES string of the molecule is CC1CC(C)CN(C(=O)C2CCN(c3ccccc3)CC2)C1. The fourth-order valence-corrected chi connectivity index (χ4v) is 4.12. The van der Waals surface area contributed by atoms with Crippen LogP contribution in [0.4, 0.5) is 5.69 Å². The van der Waals surface area contributed by atoms with Gasteiger partial charge in [-0.2, -0.15) is 0 Å². The van der Waals surface area contributed by atoms with Crippen molar-refractivity contribution in [2.75, 3.05) is 31.1 Å². The van der Waals surface area contributed by atoms with Crippen LogP contribution in [0, 0.1) is 17.8 Å². The molecule has 2 saturated heterocycles. The second kappa shape index (κ2) is 6.72. The largest absolute Gasteiger partial charge is 0.371 e. The number of amides is 1. The van der Waals surface area contributed by atoms with Crippen LogP contribution < -0.4 is 4.90 Å². The van der Waals surface area contributed by atoms with E-state index in [9.17, 15) is 4.79 Å². The Kier molecular flexibility index (Phi) is 4.70. The fraction of sp³-hybridized carbons (Fsp3) is 0.632. The van der Waals surface area contributed by atoms with Gasteiger partial charge in [0.25, 0.3) is 0 Å². The molecule has 22 heavy (non-hydrogen) atoms. The van der Waals surface area contributed by atoms with Crippen molar-refractivity contribution in [2.45, 2.75) is 33.1 Å². The van der Waals surface area contributed by atoms with E-state index in [0.29, 0.717) is 17.7 Å². The smallest absolute Gasteiger partial charge is 0.225 e. The van der Waals surface area contributed by atoms with Gasteiger partial charge in [0.2, 0.25) is 5.91 Å². The lowest BCUT2D eigenvalue weighted by Gasteiger charge is -2.39. The van der Waals surface area contributed by atoms with Crippen molar-refractivity contribution < 1.29 is 4.79 Å². The maximum absolute atomic E-state index is 12.8. The van der Waals surface area contributed by atoms with Crippen LogP contribution in [0.3, 0.4) is 0 Å². The summed E-state index contributed by atoms with van der Waals surface area (Å²) in [7, 11) is 0. The van der Waals surface area contributed by atoms with Crippen LogP contribution >= 0.6 is 0 Å². The Bertz CT molecular complexity index is 483. The number of anilines is 1. The van der Waals surface area contributed by atoms with Gasteiger partial charge in [-0.25, -0.2) is 0 Å². The van der Waals surface area contributed by atoms with Crippen molar-refractivity contribution in [3.05, 3.63) is 30.3 Å². The second-order valence-corrected chi connectivity index (χ2v) is 7.29. The van der Waals surface area contributed by atoms with E-state index >= 15 is 0 Å². The Balaban J connectivity index is 1.56. The molecule has 1 aromatic rings. The minimum Gasteiger partial charge on any atom is -0.371 e. The van der Waals surface area contributed by atoms with Gasteiger partial charge in [-0.05, 0) is 43.2 Å². The van der Waals surface area contributed by atoms with Gasteiger partial charge in [0, 0.05) is 37.8 Å². The van der Waals surface area contributed by atoms with Gasteiger partial charge in [-0.15, -0.1) is 0 Å². The zero-order chi connectivity index (χ0) is 15.5. The number of likely N-dealkylation sites (tertiary alicyclic amines) is 1. The number of hydrogen-bond acceptors (Lipinski definition) is 2. The van der Waals surface area contributed by atoms with Gasteiger partial charge in [-0.3, -0.25) is 4.79 Å². The van der Waals surface area contributed by atoms with E-state index in [1.165, 1.54) is 12.1 Å². The topological polar surface area (TPSA) is 23.6 Å². The van der Waals surface area contributed by atoms with Gasteiger partial charge in [0.1, 0.15) is 0 Å². The van der Waals surface area contributed by atoms with E-state index in [1.54, 1.807) is 0 Å². The Hall–Kier alpha value is -1.51. The third-order valence-corrected chi connectivity index (χ3v) is 5.15. The Morgan fingerprint density at radius 3 is 2.18 bits per heavy atom. The van der Waals surface area contributed by atoms with E-state index in [2.05, 4.69) is 54.0 Å². The van der Waals surface area contributed by atoms with Gasteiger partial charge < -0.3 is 9.80 Å². The molecule has 0 aliphatic carbocycles. The molecule has 2 aliphatic rings. The minimum atomic E-state index is 0.234. The lowest BCUT2D eigenvalue weighted by atomic mass is 9.89. The second-order valence-electron chi connectivity index (χ2n) is 7.29. The van der Waals surface area contributed by atoms with Crippen molar-refractivity contribution in [1.29, 1.82) is 0 Å². The van der Waals surface area contributed by atoms with E-state index in [1.807, 2.05) is 0 Å². The monoisotopic (exact) mass is 300 g/mol. The quantitative estimate of drug-likeness (QED) is 0.835. The predicted molar refractivity (Wildman–Crippen MR) is 90.9 cm³/mol. The number of carbonyl (C=O) groups excluding carboxylic acids is 1. The number of rotatable bonds is 2. The highest BCUT2D eigenvalue weighted by Crippen LogP contribution is 2.27. The van der Waals surface area contributed by atoms with Crippen LogP contribution in [0.25, 0.3) is 0 Å². The van der Waals surface area contributed by atoms with Crippen LogP contribution in [0.5, 0.6) is 0 Å². The molecule has 3 nitrogen and oxygen atoms in total. The Morgan fingerprint density at radius 1 is 1.00 bits per heavy atom. The lowest BCUT2D eigenvalue weighted by Crippen LogP contribution is -2.47. The molecule has 2 fully saturated rings. The van der Waals surface area contributed by atoms with Crippen molar-refractivity contribution >= 4 is 11.6 Å². The summed E-state index contributed by atoms with van der Waals surface area (Å²) in [4.78, 5) is 17.3. The zero-order valence-electron chi connectivity index (χ0n) is 13.9. The molecule has 2 aliphatic heterocycles. The summed E-state index contributed by atoms with van der Waals surface area (Å²) in [5.41, 5.74) is 1.29. The summed E-state index contributed by atoms with van der Waals surface area (Å²) < 4.78 is 0. The van der Waals surface area contributed by atoms with E-state index in [0.717, 1.165) is 39.0 Å². The average molecular weight is 300 g/mol. The molecule has 0 radical (unpaired) electrons. The van der Waals surface area contributed by atoms with Gasteiger partial charge >= 0.3 is 0 Å². The number of carbonyl (C=O) groups is 1. The lowest BCUT2D eigenvalue weighted by molar-refractivity contribution is -0.138. The summed E-state index contributed by atoms with van der Waals surface area (Å²) in [6.45, 7) is 8.46. The molecule has 3 rings (SSSR count). The maximum Gasteiger partial charge on any atom is 0.225 e. The minimum absolute atomic E-state index is 0.234. The van der Waals surface area contributed by atoms with Crippen LogP contribution in [0.2, 0.25) is 0 Å². The van der Waals surface area contributed by atoms with Gasteiger partial charge in [-0.1, -0.05) is 32.0 Å². The molecule has 1 amide bonds. The molecule has 2 atom stereocenters. The molecule has 0 saturated carbocycles. The standard InChI is InChI=1S/C19H28N2O/c1-15-12-16(2)14-21(13-15)19(22)17-8-10-20(11-9-17)18-6-4-3-5-7-18/h3-7,15-17H,8-14H2,1-2H3. The number of hydrogen-bond donors (Lipinski definition) is 0. The Labute approximate surface area is 134 Å². The van der Waals surface area contributed by atoms with Crippen molar-refractivity contribution in [2.24, 2.45) is 17.8 Å². The highest BCUT2D eigenvalue weighted by atomic mass is 16.2. The first kappa shape index (κ1) is 15.4. The van der Waals surface area contributed by atoms with Crippen LogP contribution in [0.15, 0.2) is 30.3 Å². The molecule has 120 valence electrons. The van der Waals surface area contributed by atoms with Gasteiger partial charge in [0.05, 0.1) is 0 Å². The van der Waals surface area contributed by atoms with Crippen molar-refractivity contribution in [3.8, 4) is 0 Å². The van der Waals surface area contributed by atoms with E-state index < -0.39 is 0 Å². The number of benzene rings is 1. The Morgan fingerprint density at radius 2 is 1.59 bits per heavy atom. The zero-order valence-corrected chi connectivity index (χ0v) is 13.9. The van der Waals surface area contributed by atoms with Crippen LogP contribution in [-0.4, -0.2) is 37.0 Å². The van der Waals surface area contributed by atoms with Crippen molar-refractivity contribution in [3.63, 3.8) is 0 Å². The van der Waals surface area contributed by atoms with Crippen LogP contribution in [0.1, 0.15) is 33.1 Å². The molecule has 0 spiro atoms. The molecule has 2 heterocycles. The average Bonchev–Trinajstić information content (AvgIpc) is 2.54. The number of para-hydroxylation sites is 1. The first-order chi connectivity index (χ1) is 10.6. The summed E-state index contributed by atoms with van der Waals surface area (Å²) in [6.07, 6.45) is 3.25. The predicted octanol–water partition coefficient (Wildman–Crippen LogP) is 3.41. The fourth-order valence-electron chi connectivity index (χ4n) is 4.12. The van der Waals surface area contributed by atoms with E-state index in [-0.39, 0.29) is 5.92 Å². The van der Waals surface area contributed by atoms with Crippen LogP contribution in [-0.2, 0) is 4.79 Å².